The smallest absolute Gasteiger partial charge is 0.249 e. The maximum Gasteiger partial charge on any atom is 0.249 e. The summed E-state index contributed by atoms with van der Waals surface area (Å²) in [6, 6.07) is 15.9. The molecule has 0 heterocycles. The van der Waals surface area contributed by atoms with Crippen molar-refractivity contribution in [2.75, 3.05) is 18.4 Å². The van der Waals surface area contributed by atoms with Crippen molar-refractivity contribution in [3.05, 3.63) is 65.7 Å². The minimum atomic E-state index is -0.519. The Morgan fingerprint density at radius 2 is 1.71 bits per heavy atom. The van der Waals surface area contributed by atoms with Gasteiger partial charge in [-0.3, -0.25) is 9.59 Å². The third kappa shape index (κ3) is 4.13. The molecular weight excluding hydrogens is 302 g/mol. The normalized spacial score (nSPS) is 11.6. The van der Waals surface area contributed by atoms with Crippen LogP contribution >= 0.6 is 0 Å². The predicted octanol–water partition coefficient (Wildman–Crippen LogP) is 2.81. The Bertz CT molecular complexity index is 697. The van der Waals surface area contributed by atoms with Gasteiger partial charge in [0.05, 0.1) is 0 Å². The lowest BCUT2D eigenvalue weighted by atomic mass is 10.0. The summed E-state index contributed by atoms with van der Waals surface area (Å²) in [6.07, 6.45) is 0. The summed E-state index contributed by atoms with van der Waals surface area (Å²) < 4.78 is 0. The Kier molecular flexibility index (Phi) is 5.95. The first-order valence-corrected chi connectivity index (χ1v) is 8.07. The van der Waals surface area contributed by atoms with Crippen LogP contribution < -0.4 is 11.1 Å². The number of likely N-dealkylation sites (N-methyl/N-ethyl adjacent to an activating group) is 1. The van der Waals surface area contributed by atoms with E-state index in [9.17, 15) is 9.59 Å². The van der Waals surface area contributed by atoms with E-state index >= 15 is 0 Å². The van der Waals surface area contributed by atoms with Gasteiger partial charge in [0, 0.05) is 24.3 Å². The Balaban J connectivity index is 2.34. The molecule has 126 valence electrons. The van der Waals surface area contributed by atoms with Crippen LogP contribution in [0.3, 0.4) is 0 Å². The van der Waals surface area contributed by atoms with Gasteiger partial charge in [-0.2, -0.15) is 0 Å². The molecular formula is C19H23N3O2. The number of benzene rings is 2. The first-order chi connectivity index (χ1) is 11.6. The van der Waals surface area contributed by atoms with Gasteiger partial charge in [-0.15, -0.1) is 0 Å². The van der Waals surface area contributed by atoms with Crippen LogP contribution in [-0.2, 0) is 4.79 Å². The number of amides is 2. The fourth-order valence-corrected chi connectivity index (χ4v) is 2.58. The second-order valence-electron chi connectivity index (χ2n) is 5.44. The van der Waals surface area contributed by atoms with E-state index in [-0.39, 0.29) is 5.91 Å². The summed E-state index contributed by atoms with van der Waals surface area (Å²) in [7, 11) is 0. The van der Waals surface area contributed by atoms with Crippen molar-refractivity contribution in [3.63, 3.8) is 0 Å². The Morgan fingerprint density at radius 3 is 2.29 bits per heavy atom. The van der Waals surface area contributed by atoms with E-state index in [1.807, 2.05) is 50.2 Å². The maximum atomic E-state index is 12.9. The number of nitrogens with zero attached hydrogens (tertiary/aromatic N) is 1. The van der Waals surface area contributed by atoms with E-state index < -0.39 is 11.9 Å². The number of rotatable bonds is 7. The summed E-state index contributed by atoms with van der Waals surface area (Å²) in [5.41, 5.74) is 7.29. The van der Waals surface area contributed by atoms with Gasteiger partial charge in [0.2, 0.25) is 11.8 Å². The standard InChI is InChI=1S/C19H23N3O2/c1-3-22(4-2)19(24)17(14-9-6-5-7-10-14)21-16-12-8-11-15(13-16)18(20)23/h5-13,17,21H,3-4H2,1-2H3,(H2,20,23). The van der Waals surface area contributed by atoms with Crippen molar-refractivity contribution in [1.29, 1.82) is 0 Å². The van der Waals surface area contributed by atoms with Crippen LogP contribution in [0.2, 0.25) is 0 Å². The van der Waals surface area contributed by atoms with Crippen LogP contribution in [-0.4, -0.2) is 29.8 Å². The van der Waals surface area contributed by atoms with E-state index in [1.165, 1.54) is 0 Å². The van der Waals surface area contributed by atoms with Crippen LogP contribution in [0.5, 0.6) is 0 Å². The second kappa shape index (κ2) is 8.15. The molecule has 0 saturated heterocycles. The number of primary amides is 1. The summed E-state index contributed by atoms with van der Waals surface area (Å²) in [4.78, 5) is 26.0. The van der Waals surface area contributed by atoms with Crippen molar-refractivity contribution >= 4 is 17.5 Å². The van der Waals surface area contributed by atoms with Gasteiger partial charge in [0.15, 0.2) is 0 Å². The molecule has 0 bridgehead atoms. The fraction of sp³-hybridized carbons (Fsp3) is 0.263. The van der Waals surface area contributed by atoms with Crippen LogP contribution in [0, 0.1) is 0 Å². The van der Waals surface area contributed by atoms with Crippen LogP contribution in [0.25, 0.3) is 0 Å². The van der Waals surface area contributed by atoms with Crippen LogP contribution in [0.1, 0.15) is 35.8 Å². The molecule has 0 fully saturated rings. The average Bonchev–Trinajstić information content (AvgIpc) is 2.61. The first kappa shape index (κ1) is 17.5. The van der Waals surface area contributed by atoms with Crippen molar-refractivity contribution in [2.45, 2.75) is 19.9 Å². The fourth-order valence-electron chi connectivity index (χ4n) is 2.58. The van der Waals surface area contributed by atoms with Crippen molar-refractivity contribution in [3.8, 4) is 0 Å². The average molecular weight is 325 g/mol. The monoisotopic (exact) mass is 325 g/mol. The lowest BCUT2D eigenvalue weighted by Crippen LogP contribution is -2.37. The third-order valence-electron chi connectivity index (χ3n) is 3.91. The summed E-state index contributed by atoms with van der Waals surface area (Å²) in [6.45, 7) is 5.19. The molecule has 2 amide bonds. The number of carbonyl (C=O) groups excluding carboxylic acids is 2. The van der Waals surface area contributed by atoms with Gasteiger partial charge in [-0.25, -0.2) is 0 Å². The molecule has 0 radical (unpaired) electrons. The molecule has 1 unspecified atom stereocenters. The van der Waals surface area contributed by atoms with Gasteiger partial charge in [0.25, 0.3) is 0 Å². The highest BCUT2D eigenvalue weighted by Crippen LogP contribution is 2.22. The minimum Gasteiger partial charge on any atom is -0.370 e. The minimum absolute atomic E-state index is 0.00400. The molecule has 3 N–H and O–H groups in total. The molecule has 2 rings (SSSR count). The molecule has 1 atom stereocenters. The first-order valence-electron chi connectivity index (χ1n) is 8.07. The summed E-state index contributed by atoms with van der Waals surface area (Å²) in [5.74, 6) is -0.499. The number of carbonyl (C=O) groups is 2. The molecule has 0 aliphatic heterocycles. The van der Waals surface area contributed by atoms with E-state index in [2.05, 4.69) is 5.32 Å². The highest BCUT2D eigenvalue weighted by atomic mass is 16.2. The van der Waals surface area contributed by atoms with Crippen molar-refractivity contribution < 1.29 is 9.59 Å². The number of nitrogens with two attached hydrogens (primary N) is 1. The maximum absolute atomic E-state index is 12.9. The molecule has 0 spiro atoms. The SMILES string of the molecule is CCN(CC)C(=O)C(Nc1cccc(C(N)=O)c1)c1ccccc1. The third-order valence-corrected chi connectivity index (χ3v) is 3.91. The number of nitrogens with one attached hydrogen (secondary N) is 1. The van der Waals surface area contributed by atoms with Gasteiger partial charge in [-0.05, 0) is 37.6 Å². The predicted molar refractivity (Wildman–Crippen MR) is 95.7 cm³/mol. The van der Waals surface area contributed by atoms with Gasteiger partial charge in [-0.1, -0.05) is 36.4 Å². The molecule has 0 aliphatic rings. The quantitative estimate of drug-likeness (QED) is 0.822. The summed E-state index contributed by atoms with van der Waals surface area (Å²) in [5, 5.41) is 3.24. The Morgan fingerprint density at radius 1 is 1.04 bits per heavy atom. The van der Waals surface area contributed by atoms with Gasteiger partial charge < -0.3 is 16.0 Å². The van der Waals surface area contributed by atoms with Gasteiger partial charge in [0.1, 0.15) is 6.04 Å². The zero-order valence-electron chi connectivity index (χ0n) is 14.0. The Hall–Kier alpha value is -2.82. The number of hydrogen-bond acceptors (Lipinski definition) is 3. The summed E-state index contributed by atoms with van der Waals surface area (Å²) >= 11 is 0. The van der Waals surface area contributed by atoms with Gasteiger partial charge >= 0.3 is 0 Å². The number of anilines is 1. The second-order valence-corrected chi connectivity index (χ2v) is 5.44. The molecule has 24 heavy (non-hydrogen) atoms. The van der Waals surface area contributed by atoms with Crippen molar-refractivity contribution in [2.24, 2.45) is 5.73 Å². The Labute approximate surface area is 142 Å². The molecule has 0 aliphatic carbocycles. The zero-order valence-corrected chi connectivity index (χ0v) is 14.0. The molecule has 5 nitrogen and oxygen atoms in total. The highest BCUT2D eigenvalue weighted by molar-refractivity contribution is 5.94. The zero-order chi connectivity index (χ0) is 17.5. The molecule has 2 aromatic rings. The van der Waals surface area contributed by atoms with E-state index in [0.29, 0.717) is 24.3 Å². The van der Waals surface area contributed by atoms with Crippen molar-refractivity contribution in [1.82, 2.24) is 4.90 Å². The lowest BCUT2D eigenvalue weighted by Gasteiger charge is -2.27. The lowest BCUT2D eigenvalue weighted by molar-refractivity contribution is -0.131. The van der Waals surface area contributed by atoms with E-state index in [0.717, 1.165) is 5.56 Å². The highest BCUT2D eigenvalue weighted by Gasteiger charge is 2.24. The molecule has 0 saturated carbocycles. The largest absolute Gasteiger partial charge is 0.370 e. The molecule has 2 aromatic carbocycles. The van der Waals surface area contributed by atoms with Crippen LogP contribution in [0.15, 0.2) is 54.6 Å². The van der Waals surface area contributed by atoms with Crippen LogP contribution in [0.4, 0.5) is 5.69 Å². The topological polar surface area (TPSA) is 75.4 Å². The molecule has 0 aromatic heterocycles. The molecule has 5 heteroatoms. The van der Waals surface area contributed by atoms with E-state index in [1.54, 1.807) is 23.1 Å². The van der Waals surface area contributed by atoms with E-state index in [4.69, 9.17) is 5.73 Å². The number of hydrogen-bond donors (Lipinski definition) is 2.